The number of aromatic nitrogens is 2. The zero-order valence-corrected chi connectivity index (χ0v) is 13.9. The van der Waals surface area contributed by atoms with Gasteiger partial charge >= 0.3 is 0 Å². The molecule has 0 bridgehead atoms. The molecule has 0 aliphatic carbocycles. The van der Waals surface area contributed by atoms with E-state index in [0.29, 0.717) is 31.1 Å². The van der Waals surface area contributed by atoms with Gasteiger partial charge in [-0.2, -0.15) is 4.98 Å². The van der Waals surface area contributed by atoms with Crippen LogP contribution >= 0.6 is 0 Å². The van der Waals surface area contributed by atoms with Crippen molar-refractivity contribution in [3.8, 4) is 11.4 Å². The highest BCUT2D eigenvalue weighted by molar-refractivity contribution is 5.76. The maximum Gasteiger partial charge on any atom is 0.227 e. The number of hydrogen-bond acceptors (Lipinski definition) is 4. The minimum Gasteiger partial charge on any atom is -0.353 e. The Kier molecular flexibility index (Phi) is 5.32. The molecule has 23 heavy (non-hydrogen) atoms. The molecule has 0 aliphatic rings. The molecular weight excluding hydrogens is 290 g/mol. The Morgan fingerprint density at radius 1 is 1.30 bits per heavy atom. The van der Waals surface area contributed by atoms with E-state index in [2.05, 4.69) is 54.9 Å². The highest BCUT2D eigenvalue weighted by atomic mass is 16.5. The summed E-state index contributed by atoms with van der Waals surface area (Å²) >= 11 is 0. The average Bonchev–Trinajstić information content (AvgIpc) is 2.99. The van der Waals surface area contributed by atoms with E-state index in [1.54, 1.807) is 6.08 Å². The summed E-state index contributed by atoms with van der Waals surface area (Å²) in [6, 6.07) is 8.14. The lowest BCUT2D eigenvalue weighted by atomic mass is 9.87. The topological polar surface area (TPSA) is 68.0 Å². The van der Waals surface area contributed by atoms with Gasteiger partial charge in [0, 0.05) is 24.9 Å². The van der Waals surface area contributed by atoms with Crippen LogP contribution in [0.3, 0.4) is 0 Å². The van der Waals surface area contributed by atoms with Crippen molar-refractivity contribution in [1.29, 1.82) is 0 Å². The molecule has 2 rings (SSSR count). The van der Waals surface area contributed by atoms with Crippen LogP contribution in [0.1, 0.15) is 38.6 Å². The van der Waals surface area contributed by atoms with E-state index in [1.165, 1.54) is 5.56 Å². The predicted octanol–water partition coefficient (Wildman–Crippen LogP) is 3.27. The molecule has 0 aliphatic heterocycles. The number of rotatable bonds is 6. The molecule has 122 valence electrons. The van der Waals surface area contributed by atoms with Crippen molar-refractivity contribution in [3.05, 3.63) is 48.4 Å². The van der Waals surface area contributed by atoms with Gasteiger partial charge in [0.1, 0.15) is 0 Å². The molecule has 1 aromatic heterocycles. The molecule has 0 saturated carbocycles. The normalized spacial score (nSPS) is 11.3. The lowest BCUT2D eigenvalue weighted by molar-refractivity contribution is -0.120. The first kappa shape index (κ1) is 16.9. The average molecular weight is 313 g/mol. The SMILES string of the molecule is C=CCNC(=O)CCc1nc(-c2ccc(C(C)(C)C)cc2)no1. The van der Waals surface area contributed by atoms with Gasteiger partial charge < -0.3 is 9.84 Å². The Hall–Kier alpha value is -2.43. The molecule has 5 nitrogen and oxygen atoms in total. The molecule has 2 aromatic rings. The summed E-state index contributed by atoms with van der Waals surface area (Å²) in [6.45, 7) is 10.5. The lowest BCUT2D eigenvalue weighted by Crippen LogP contribution is -2.23. The molecule has 1 N–H and O–H groups in total. The fourth-order valence-electron chi connectivity index (χ4n) is 2.09. The van der Waals surface area contributed by atoms with E-state index in [4.69, 9.17) is 4.52 Å². The summed E-state index contributed by atoms with van der Waals surface area (Å²) in [7, 11) is 0. The first-order chi connectivity index (χ1) is 10.9. The molecule has 0 fully saturated rings. The fraction of sp³-hybridized carbons (Fsp3) is 0.389. The molecule has 0 radical (unpaired) electrons. The van der Waals surface area contributed by atoms with Gasteiger partial charge in [-0.1, -0.05) is 56.3 Å². The van der Waals surface area contributed by atoms with Gasteiger partial charge in [-0.15, -0.1) is 6.58 Å². The zero-order chi connectivity index (χ0) is 16.9. The van der Waals surface area contributed by atoms with Crippen LogP contribution in [-0.4, -0.2) is 22.6 Å². The van der Waals surface area contributed by atoms with E-state index < -0.39 is 0 Å². The number of aryl methyl sites for hydroxylation is 1. The van der Waals surface area contributed by atoms with Crippen molar-refractivity contribution >= 4 is 5.91 Å². The second-order valence-electron chi connectivity index (χ2n) is 6.43. The van der Waals surface area contributed by atoms with E-state index in [1.807, 2.05) is 12.1 Å². The summed E-state index contributed by atoms with van der Waals surface area (Å²) in [5.74, 6) is 0.958. The van der Waals surface area contributed by atoms with Gasteiger partial charge in [0.2, 0.25) is 17.6 Å². The van der Waals surface area contributed by atoms with E-state index in [9.17, 15) is 4.79 Å². The van der Waals surface area contributed by atoms with Crippen molar-refractivity contribution in [2.24, 2.45) is 0 Å². The molecule has 0 saturated heterocycles. The zero-order valence-electron chi connectivity index (χ0n) is 13.9. The predicted molar refractivity (Wildman–Crippen MR) is 90.0 cm³/mol. The second-order valence-corrected chi connectivity index (χ2v) is 6.43. The largest absolute Gasteiger partial charge is 0.353 e. The van der Waals surface area contributed by atoms with Crippen LogP contribution in [0.15, 0.2) is 41.4 Å². The Labute approximate surface area is 136 Å². The van der Waals surface area contributed by atoms with Crippen LogP contribution in [0.4, 0.5) is 0 Å². The Bertz CT molecular complexity index is 666. The quantitative estimate of drug-likeness (QED) is 0.831. The first-order valence-corrected chi connectivity index (χ1v) is 7.71. The molecule has 1 amide bonds. The van der Waals surface area contributed by atoms with Crippen LogP contribution < -0.4 is 5.32 Å². The van der Waals surface area contributed by atoms with E-state index in [-0.39, 0.29) is 11.3 Å². The van der Waals surface area contributed by atoms with Crippen molar-refractivity contribution in [2.75, 3.05) is 6.54 Å². The van der Waals surface area contributed by atoms with E-state index >= 15 is 0 Å². The standard InChI is InChI=1S/C18H23N3O2/c1-5-12-19-15(22)10-11-16-20-17(21-23-16)13-6-8-14(9-7-13)18(2,3)4/h5-9H,1,10-12H2,2-4H3,(H,19,22). The second kappa shape index (κ2) is 7.22. The van der Waals surface area contributed by atoms with Crippen LogP contribution in [0.5, 0.6) is 0 Å². The van der Waals surface area contributed by atoms with Crippen LogP contribution in [0.25, 0.3) is 11.4 Å². The number of carbonyl (C=O) groups excluding carboxylic acids is 1. The Morgan fingerprint density at radius 3 is 2.61 bits per heavy atom. The van der Waals surface area contributed by atoms with Crippen molar-refractivity contribution < 1.29 is 9.32 Å². The number of amides is 1. The maximum atomic E-state index is 11.5. The summed E-state index contributed by atoms with van der Waals surface area (Å²) < 4.78 is 5.21. The van der Waals surface area contributed by atoms with Crippen molar-refractivity contribution in [1.82, 2.24) is 15.5 Å². The highest BCUT2D eigenvalue weighted by Crippen LogP contribution is 2.25. The van der Waals surface area contributed by atoms with Gasteiger partial charge in [-0.05, 0) is 11.0 Å². The van der Waals surface area contributed by atoms with Crippen LogP contribution in [0.2, 0.25) is 0 Å². The number of carbonyl (C=O) groups is 1. The number of nitrogens with zero attached hydrogens (tertiary/aromatic N) is 2. The Balaban J connectivity index is 1.99. The first-order valence-electron chi connectivity index (χ1n) is 7.71. The number of nitrogens with one attached hydrogen (secondary N) is 1. The molecule has 0 atom stereocenters. The van der Waals surface area contributed by atoms with Crippen LogP contribution in [0, 0.1) is 0 Å². The smallest absolute Gasteiger partial charge is 0.227 e. The van der Waals surface area contributed by atoms with Gasteiger partial charge in [0.25, 0.3) is 0 Å². The van der Waals surface area contributed by atoms with E-state index in [0.717, 1.165) is 5.56 Å². The van der Waals surface area contributed by atoms with Gasteiger partial charge in [-0.3, -0.25) is 4.79 Å². The monoisotopic (exact) mass is 313 g/mol. The van der Waals surface area contributed by atoms with Crippen molar-refractivity contribution in [3.63, 3.8) is 0 Å². The summed E-state index contributed by atoms with van der Waals surface area (Å²) in [4.78, 5) is 15.9. The van der Waals surface area contributed by atoms with Gasteiger partial charge in [0.05, 0.1) is 0 Å². The third kappa shape index (κ3) is 4.77. The summed E-state index contributed by atoms with van der Waals surface area (Å²) in [5, 5.41) is 6.70. The summed E-state index contributed by atoms with van der Waals surface area (Å²) in [5.41, 5.74) is 2.27. The number of benzene rings is 1. The van der Waals surface area contributed by atoms with Gasteiger partial charge in [-0.25, -0.2) is 0 Å². The van der Waals surface area contributed by atoms with Crippen LogP contribution in [-0.2, 0) is 16.6 Å². The molecular formula is C18H23N3O2. The molecule has 0 spiro atoms. The minimum atomic E-state index is -0.0563. The third-order valence-corrected chi connectivity index (χ3v) is 3.49. The lowest BCUT2D eigenvalue weighted by Gasteiger charge is -2.18. The number of hydrogen-bond donors (Lipinski definition) is 1. The van der Waals surface area contributed by atoms with Crippen molar-refractivity contribution in [2.45, 2.75) is 39.0 Å². The fourth-order valence-corrected chi connectivity index (χ4v) is 2.09. The maximum absolute atomic E-state index is 11.5. The molecule has 5 heteroatoms. The molecule has 1 aromatic carbocycles. The molecule has 0 unspecified atom stereocenters. The van der Waals surface area contributed by atoms with Gasteiger partial charge in [0.15, 0.2) is 0 Å². The Morgan fingerprint density at radius 2 is 2.00 bits per heavy atom. The summed E-state index contributed by atoms with van der Waals surface area (Å²) in [6.07, 6.45) is 2.39. The minimum absolute atomic E-state index is 0.0563. The molecule has 1 heterocycles. The third-order valence-electron chi connectivity index (χ3n) is 3.49. The highest BCUT2D eigenvalue weighted by Gasteiger charge is 2.15.